The summed E-state index contributed by atoms with van der Waals surface area (Å²) in [6, 6.07) is 17.9. The molecule has 0 aliphatic carbocycles. The molecule has 0 fully saturated rings. The van der Waals surface area contributed by atoms with Crippen LogP contribution in [-0.4, -0.2) is 9.78 Å². The highest BCUT2D eigenvalue weighted by molar-refractivity contribution is 5.64. The molecule has 0 saturated carbocycles. The summed E-state index contributed by atoms with van der Waals surface area (Å²) < 4.78 is 1.80. The van der Waals surface area contributed by atoms with Crippen LogP contribution in [0.3, 0.4) is 0 Å². The van der Waals surface area contributed by atoms with Crippen molar-refractivity contribution in [2.45, 2.75) is 0 Å². The fraction of sp³-hybridized carbons (Fsp3) is 0. The lowest BCUT2D eigenvalue weighted by molar-refractivity contribution is 0.883. The molecule has 0 aliphatic heterocycles. The number of aromatic nitrogens is 2. The Kier molecular flexibility index (Phi) is 2.57. The van der Waals surface area contributed by atoms with E-state index in [0.717, 1.165) is 22.5 Å². The lowest BCUT2D eigenvalue weighted by Crippen LogP contribution is -1.99. The van der Waals surface area contributed by atoms with Gasteiger partial charge in [0.1, 0.15) is 0 Å². The maximum Gasteiger partial charge on any atom is 0.0875 e. The summed E-state index contributed by atoms with van der Waals surface area (Å²) >= 11 is 0. The first-order valence-electron chi connectivity index (χ1n) is 5.79. The lowest BCUT2D eigenvalue weighted by Gasteiger charge is -2.04. The van der Waals surface area contributed by atoms with Crippen LogP contribution in [0.15, 0.2) is 67.0 Å². The Labute approximate surface area is 105 Å². The zero-order valence-electron chi connectivity index (χ0n) is 9.82. The van der Waals surface area contributed by atoms with Gasteiger partial charge in [0.25, 0.3) is 0 Å². The zero-order valence-corrected chi connectivity index (χ0v) is 9.82. The molecular weight excluding hydrogens is 222 g/mol. The number of anilines is 1. The van der Waals surface area contributed by atoms with Gasteiger partial charge in [-0.2, -0.15) is 5.10 Å². The Hall–Kier alpha value is -2.55. The van der Waals surface area contributed by atoms with Crippen molar-refractivity contribution in [3.63, 3.8) is 0 Å². The van der Waals surface area contributed by atoms with Crippen molar-refractivity contribution in [2.24, 2.45) is 0 Å². The first-order valence-corrected chi connectivity index (χ1v) is 5.79. The van der Waals surface area contributed by atoms with Crippen molar-refractivity contribution in [1.29, 1.82) is 0 Å². The average Bonchev–Trinajstić information content (AvgIpc) is 2.90. The summed E-state index contributed by atoms with van der Waals surface area (Å²) in [7, 11) is 0. The quantitative estimate of drug-likeness (QED) is 0.693. The topological polar surface area (TPSA) is 43.8 Å². The van der Waals surface area contributed by atoms with Crippen molar-refractivity contribution in [1.82, 2.24) is 9.78 Å². The molecule has 1 heterocycles. The van der Waals surface area contributed by atoms with Gasteiger partial charge in [-0.3, -0.25) is 0 Å². The largest absolute Gasteiger partial charge is 0.397 e. The number of hydrogen-bond donors (Lipinski definition) is 1. The predicted octanol–water partition coefficient (Wildman–Crippen LogP) is 3.12. The standard InChI is InChI=1S/C15H13N3/c16-14-8-4-5-9-15(14)18-11-13(10-17-18)12-6-2-1-3-7-12/h1-11H,16H2. The maximum absolute atomic E-state index is 5.94. The van der Waals surface area contributed by atoms with Crippen LogP contribution >= 0.6 is 0 Å². The van der Waals surface area contributed by atoms with Crippen LogP contribution < -0.4 is 5.73 Å². The van der Waals surface area contributed by atoms with E-state index in [4.69, 9.17) is 5.73 Å². The van der Waals surface area contributed by atoms with Gasteiger partial charge in [0.2, 0.25) is 0 Å². The molecule has 3 heteroatoms. The van der Waals surface area contributed by atoms with Gasteiger partial charge in [-0.1, -0.05) is 42.5 Å². The molecule has 1 aromatic heterocycles. The van der Waals surface area contributed by atoms with E-state index >= 15 is 0 Å². The van der Waals surface area contributed by atoms with Crippen LogP contribution in [0.2, 0.25) is 0 Å². The molecule has 2 aromatic carbocycles. The fourth-order valence-corrected chi connectivity index (χ4v) is 1.93. The molecule has 3 rings (SSSR count). The highest BCUT2D eigenvalue weighted by Gasteiger charge is 2.04. The molecule has 0 saturated heterocycles. The first-order chi connectivity index (χ1) is 8.84. The Morgan fingerprint density at radius 2 is 1.56 bits per heavy atom. The number of rotatable bonds is 2. The molecule has 3 nitrogen and oxygen atoms in total. The zero-order chi connectivity index (χ0) is 12.4. The first kappa shape index (κ1) is 10.6. The van der Waals surface area contributed by atoms with Crippen molar-refractivity contribution in [2.75, 3.05) is 5.73 Å². The van der Waals surface area contributed by atoms with Gasteiger partial charge >= 0.3 is 0 Å². The lowest BCUT2D eigenvalue weighted by atomic mass is 10.1. The minimum absolute atomic E-state index is 0.722. The van der Waals surface area contributed by atoms with E-state index < -0.39 is 0 Å². The summed E-state index contributed by atoms with van der Waals surface area (Å²) in [5.41, 5.74) is 9.80. The number of para-hydroxylation sites is 2. The number of benzene rings is 2. The summed E-state index contributed by atoms with van der Waals surface area (Å²) in [4.78, 5) is 0. The van der Waals surface area contributed by atoms with Gasteiger partial charge in [-0.05, 0) is 17.7 Å². The average molecular weight is 235 g/mol. The van der Waals surface area contributed by atoms with Crippen LogP contribution in [0.5, 0.6) is 0 Å². The van der Waals surface area contributed by atoms with Crippen molar-refractivity contribution >= 4 is 5.69 Å². The van der Waals surface area contributed by atoms with Crippen molar-refractivity contribution < 1.29 is 0 Å². The molecule has 0 atom stereocenters. The molecule has 18 heavy (non-hydrogen) atoms. The van der Waals surface area contributed by atoms with Crippen LogP contribution in [0, 0.1) is 0 Å². The number of nitrogen functional groups attached to an aromatic ring is 1. The van der Waals surface area contributed by atoms with Gasteiger partial charge in [-0.15, -0.1) is 0 Å². The Balaban J connectivity index is 2.03. The third kappa shape index (κ3) is 1.86. The second kappa shape index (κ2) is 4.37. The van der Waals surface area contributed by atoms with Crippen molar-refractivity contribution in [3.8, 4) is 16.8 Å². The SMILES string of the molecule is Nc1ccccc1-n1cc(-c2ccccc2)cn1. The van der Waals surface area contributed by atoms with Gasteiger partial charge < -0.3 is 5.73 Å². The van der Waals surface area contributed by atoms with Gasteiger partial charge in [0.05, 0.1) is 17.6 Å². The van der Waals surface area contributed by atoms with Gasteiger partial charge in [0, 0.05) is 11.8 Å². The number of hydrogen-bond acceptors (Lipinski definition) is 2. The Morgan fingerprint density at radius 3 is 2.33 bits per heavy atom. The smallest absolute Gasteiger partial charge is 0.0875 e. The van der Waals surface area contributed by atoms with E-state index in [0.29, 0.717) is 0 Å². The summed E-state index contributed by atoms with van der Waals surface area (Å²) in [6.45, 7) is 0. The van der Waals surface area contributed by atoms with E-state index in [1.165, 1.54) is 0 Å². The fourth-order valence-electron chi connectivity index (χ4n) is 1.93. The Bertz CT molecular complexity index is 656. The molecular formula is C15H13N3. The molecule has 88 valence electrons. The van der Waals surface area contributed by atoms with Gasteiger partial charge in [-0.25, -0.2) is 4.68 Å². The van der Waals surface area contributed by atoms with Crippen LogP contribution in [0.4, 0.5) is 5.69 Å². The highest BCUT2D eigenvalue weighted by atomic mass is 15.3. The normalized spacial score (nSPS) is 10.4. The second-order valence-corrected chi connectivity index (χ2v) is 4.10. The molecule has 0 aliphatic rings. The van der Waals surface area contributed by atoms with Crippen LogP contribution in [0.1, 0.15) is 0 Å². The molecule has 0 amide bonds. The van der Waals surface area contributed by atoms with E-state index in [-0.39, 0.29) is 0 Å². The Morgan fingerprint density at radius 1 is 0.833 bits per heavy atom. The number of nitrogens with zero attached hydrogens (tertiary/aromatic N) is 2. The molecule has 3 aromatic rings. The molecule has 0 bridgehead atoms. The van der Waals surface area contributed by atoms with Crippen LogP contribution in [0.25, 0.3) is 16.8 Å². The predicted molar refractivity (Wildman–Crippen MR) is 73.4 cm³/mol. The third-order valence-corrected chi connectivity index (χ3v) is 2.87. The van der Waals surface area contributed by atoms with Gasteiger partial charge in [0.15, 0.2) is 0 Å². The van der Waals surface area contributed by atoms with E-state index in [2.05, 4.69) is 17.2 Å². The minimum Gasteiger partial charge on any atom is -0.397 e. The highest BCUT2D eigenvalue weighted by Crippen LogP contribution is 2.21. The third-order valence-electron chi connectivity index (χ3n) is 2.87. The monoisotopic (exact) mass is 235 g/mol. The summed E-state index contributed by atoms with van der Waals surface area (Å²) in [5.74, 6) is 0. The minimum atomic E-state index is 0.722. The molecule has 0 unspecified atom stereocenters. The van der Waals surface area contributed by atoms with E-state index in [1.54, 1.807) is 4.68 Å². The second-order valence-electron chi connectivity index (χ2n) is 4.10. The van der Waals surface area contributed by atoms with E-state index in [9.17, 15) is 0 Å². The molecule has 2 N–H and O–H groups in total. The summed E-state index contributed by atoms with van der Waals surface area (Å²) in [5, 5.41) is 4.36. The molecule has 0 spiro atoms. The van der Waals surface area contributed by atoms with Crippen molar-refractivity contribution in [3.05, 3.63) is 67.0 Å². The molecule has 0 radical (unpaired) electrons. The maximum atomic E-state index is 5.94. The number of nitrogens with two attached hydrogens (primary N) is 1. The van der Waals surface area contributed by atoms with Crippen LogP contribution in [-0.2, 0) is 0 Å². The van der Waals surface area contributed by atoms with E-state index in [1.807, 2.05) is 54.9 Å². The summed E-state index contributed by atoms with van der Waals surface area (Å²) in [6.07, 6.45) is 3.84.